The molecule has 1 aromatic rings. The Morgan fingerprint density at radius 3 is 2.06 bits per heavy atom. The summed E-state index contributed by atoms with van der Waals surface area (Å²) in [6, 6.07) is 4.82. The van der Waals surface area contributed by atoms with Gasteiger partial charge in [-0.25, -0.2) is 0 Å². The van der Waals surface area contributed by atoms with Crippen molar-refractivity contribution in [3.63, 3.8) is 0 Å². The summed E-state index contributed by atoms with van der Waals surface area (Å²) in [4.78, 5) is 0. The van der Waals surface area contributed by atoms with E-state index in [0.29, 0.717) is 23.1 Å². The number of aliphatic hydroxyl groups excluding tert-OH is 1. The van der Waals surface area contributed by atoms with E-state index >= 15 is 0 Å². The van der Waals surface area contributed by atoms with Crippen molar-refractivity contribution < 1.29 is 27.8 Å². The van der Waals surface area contributed by atoms with Crippen LogP contribution >= 0.6 is 0 Å². The van der Waals surface area contributed by atoms with Crippen molar-refractivity contribution in [1.29, 1.82) is 0 Å². The van der Waals surface area contributed by atoms with Gasteiger partial charge < -0.3 is 14.6 Å². The van der Waals surface area contributed by atoms with E-state index in [4.69, 9.17) is 14.6 Å². The maximum atomic E-state index is 12.2. The molecule has 0 aliphatic heterocycles. The highest BCUT2D eigenvalue weighted by molar-refractivity contribution is 5.64. The van der Waals surface area contributed by atoms with Gasteiger partial charge in [0.2, 0.25) is 0 Å². The molecule has 0 saturated heterocycles. The maximum Gasteiger partial charge on any atom is 0.417 e. The van der Waals surface area contributed by atoms with Gasteiger partial charge in [0.05, 0.1) is 19.8 Å². The third-order valence-corrected chi connectivity index (χ3v) is 2.25. The molecule has 1 N–H and O–H groups in total. The highest BCUT2D eigenvalue weighted by Crippen LogP contribution is 2.30. The predicted molar refractivity (Wildman–Crippen MR) is 60.6 cm³/mol. The molecule has 1 aromatic carbocycles. The second kappa shape index (κ2) is 5.77. The average molecular weight is 262 g/mol. The minimum Gasteiger partial charge on any atom is -0.496 e. The molecule has 0 radical (unpaired) electrons. The van der Waals surface area contributed by atoms with E-state index in [1.54, 1.807) is 18.2 Å². The topological polar surface area (TPSA) is 38.7 Å². The largest absolute Gasteiger partial charge is 0.496 e. The lowest BCUT2D eigenvalue weighted by Gasteiger charge is -2.12. The molecule has 1 atom stereocenters. The van der Waals surface area contributed by atoms with E-state index in [0.717, 1.165) is 6.08 Å². The van der Waals surface area contributed by atoms with Gasteiger partial charge in [0.25, 0.3) is 0 Å². The number of rotatable bonds is 4. The zero-order valence-corrected chi connectivity index (χ0v) is 9.86. The van der Waals surface area contributed by atoms with Crippen molar-refractivity contribution in [3.8, 4) is 11.5 Å². The Hall–Kier alpha value is -1.69. The van der Waals surface area contributed by atoms with Gasteiger partial charge in [-0.1, -0.05) is 6.07 Å². The first kappa shape index (κ1) is 14.4. The van der Waals surface area contributed by atoms with Gasteiger partial charge in [-0.2, -0.15) is 13.2 Å². The molecule has 3 nitrogen and oxygen atoms in total. The Morgan fingerprint density at radius 1 is 1.17 bits per heavy atom. The third-order valence-electron chi connectivity index (χ3n) is 2.25. The molecule has 0 fully saturated rings. The first-order chi connectivity index (χ1) is 8.40. The Balaban J connectivity index is 3.06. The fourth-order valence-corrected chi connectivity index (χ4v) is 1.34. The molecule has 0 heterocycles. The number of alkyl halides is 3. The van der Waals surface area contributed by atoms with Crippen molar-refractivity contribution in [2.75, 3.05) is 14.2 Å². The quantitative estimate of drug-likeness (QED) is 0.906. The second-order valence-corrected chi connectivity index (χ2v) is 3.42. The van der Waals surface area contributed by atoms with E-state index in [-0.39, 0.29) is 0 Å². The number of hydrogen-bond donors (Lipinski definition) is 1. The molecule has 0 aromatic heterocycles. The monoisotopic (exact) mass is 262 g/mol. The van der Waals surface area contributed by atoms with Crippen LogP contribution < -0.4 is 9.47 Å². The van der Waals surface area contributed by atoms with E-state index in [1.807, 2.05) is 0 Å². The summed E-state index contributed by atoms with van der Waals surface area (Å²) in [7, 11) is 2.79. The molecule has 0 spiro atoms. The molecular formula is C12H13F3O3. The number of methoxy groups -OCH3 is 2. The molecule has 0 amide bonds. The SMILES string of the molecule is COc1cccc(OC)c1/C=C/C(O)C(F)(F)F. The van der Waals surface area contributed by atoms with Crippen LogP contribution in [0.25, 0.3) is 6.08 Å². The molecule has 1 unspecified atom stereocenters. The lowest BCUT2D eigenvalue weighted by molar-refractivity contribution is -0.187. The van der Waals surface area contributed by atoms with Gasteiger partial charge in [0.15, 0.2) is 6.10 Å². The zero-order chi connectivity index (χ0) is 13.8. The Morgan fingerprint density at radius 2 is 1.67 bits per heavy atom. The Kier molecular flexibility index (Phi) is 4.61. The van der Waals surface area contributed by atoms with Gasteiger partial charge >= 0.3 is 6.18 Å². The maximum absolute atomic E-state index is 12.2. The summed E-state index contributed by atoms with van der Waals surface area (Å²) in [6.07, 6.45) is -5.45. The third kappa shape index (κ3) is 3.40. The van der Waals surface area contributed by atoms with Gasteiger partial charge in [-0.3, -0.25) is 0 Å². The zero-order valence-electron chi connectivity index (χ0n) is 9.86. The normalized spacial score (nSPS) is 13.7. The van der Waals surface area contributed by atoms with Crippen LogP contribution in [0.2, 0.25) is 0 Å². The summed E-state index contributed by atoms with van der Waals surface area (Å²) >= 11 is 0. The molecule has 0 bridgehead atoms. The van der Waals surface area contributed by atoms with E-state index in [9.17, 15) is 13.2 Å². The summed E-state index contributed by atoms with van der Waals surface area (Å²) in [6.45, 7) is 0. The molecule has 1 rings (SSSR count). The highest BCUT2D eigenvalue weighted by atomic mass is 19.4. The first-order valence-corrected chi connectivity index (χ1v) is 5.04. The summed E-state index contributed by atoms with van der Waals surface area (Å²) < 4.78 is 46.5. The van der Waals surface area contributed by atoms with Crippen molar-refractivity contribution in [3.05, 3.63) is 29.8 Å². The second-order valence-electron chi connectivity index (χ2n) is 3.42. The summed E-state index contributed by atoms with van der Waals surface area (Å²) in [5, 5.41) is 8.88. The lowest BCUT2D eigenvalue weighted by Crippen LogP contribution is -2.25. The van der Waals surface area contributed by atoms with Gasteiger partial charge in [-0.15, -0.1) is 0 Å². The van der Waals surface area contributed by atoms with Crippen molar-refractivity contribution in [2.24, 2.45) is 0 Å². The van der Waals surface area contributed by atoms with Crippen LogP contribution in [0.4, 0.5) is 13.2 Å². The van der Waals surface area contributed by atoms with Crippen LogP contribution in [-0.4, -0.2) is 31.6 Å². The Bertz CT molecular complexity index is 405. The van der Waals surface area contributed by atoms with Crippen LogP contribution in [-0.2, 0) is 0 Å². The minimum atomic E-state index is -4.69. The molecular weight excluding hydrogens is 249 g/mol. The molecule has 0 aliphatic rings. The Labute approximate surface area is 102 Å². The van der Waals surface area contributed by atoms with E-state index < -0.39 is 12.3 Å². The smallest absolute Gasteiger partial charge is 0.417 e. The molecule has 0 saturated carbocycles. The number of halogens is 3. The highest BCUT2D eigenvalue weighted by Gasteiger charge is 2.36. The lowest BCUT2D eigenvalue weighted by atomic mass is 10.1. The van der Waals surface area contributed by atoms with Gasteiger partial charge in [0, 0.05) is 0 Å². The van der Waals surface area contributed by atoms with Crippen LogP contribution in [0, 0.1) is 0 Å². The van der Waals surface area contributed by atoms with Crippen LogP contribution in [0.1, 0.15) is 5.56 Å². The van der Waals surface area contributed by atoms with E-state index in [1.165, 1.54) is 14.2 Å². The predicted octanol–water partition coefficient (Wildman–Crippen LogP) is 2.64. The average Bonchev–Trinajstić information content (AvgIpc) is 2.34. The number of hydrogen-bond acceptors (Lipinski definition) is 3. The first-order valence-electron chi connectivity index (χ1n) is 5.04. The van der Waals surface area contributed by atoms with Crippen molar-refractivity contribution in [2.45, 2.75) is 12.3 Å². The molecule has 0 aliphatic carbocycles. The fourth-order valence-electron chi connectivity index (χ4n) is 1.34. The molecule has 6 heteroatoms. The number of aliphatic hydroxyl groups is 1. The van der Waals surface area contributed by atoms with Crippen LogP contribution in [0.3, 0.4) is 0 Å². The summed E-state index contributed by atoms with van der Waals surface area (Å²) in [5.41, 5.74) is 0.339. The van der Waals surface area contributed by atoms with Gasteiger partial charge in [0.1, 0.15) is 11.5 Å². The molecule has 100 valence electrons. The van der Waals surface area contributed by atoms with Crippen LogP contribution in [0.15, 0.2) is 24.3 Å². The van der Waals surface area contributed by atoms with Gasteiger partial charge in [-0.05, 0) is 24.3 Å². The van der Waals surface area contributed by atoms with Crippen LogP contribution in [0.5, 0.6) is 11.5 Å². The molecule has 18 heavy (non-hydrogen) atoms. The minimum absolute atomic E-state index is 0.339. The fraction of sp³-hybridized carbons (Fsp3) is 0.333. The van der Waals surface area contributed by atoms with E-state index in [2.05, 4.69) is 0 Å². The number of ether oxygens (including phenoxy) is 2. The summed E-state index contributed by atoms with van der Waals surface area (Å²) in [5.74, 6) is 0.722. The van der Waals surface area contributed by atoms with Crippen molar-refractivity contribution >= 4 is 6.08 Å². The number of benzene rings is 1. The standard InChI is InChI=1S/C12H13F3O3/c1-17-9-4-3-5-10(18-2)8(9)6-7-11(16)12(13,14)15/h3-7,11,16H,1-2H3/b7-6+. The van der Waals surface area contributed by atoms with Crippen molar-refractivity contribution in [1.82, 2.24) is 0 Å².